The van der Waals surface area contributed by atoms with Crippen LogP contribution in [0.4, 0.5) is 0 Å². The van der Waals surface area contributed by atoms with E-state index in [1.54, 1.807) is 6.08 Å². The molecule has 0 saturated heterocycles. The molecule has 0 aromatic heterocycles. The zero-order valence-electron chi connectivity index (χ0n) is 11.3. The summed E-state index contributed by atoms with van der Waals surface area (Å²) in [5.74, 6) is 0. The van der Waals surface area contributed by atoms with Crippen LogP contribution in [0.3, 0.4) is 0 Å². The molecule has 0 fully saturated rings. The van der Waals surface area contributed by atoms with Gasteiger partial charge in [-0.25, -0.2) is 0 Å². The van der Waals surface area contributed by atoms with Crippen molar-refractivity contribution in [3.63, 3.8) is 0 Å². The number of rotatable bonds is 6. The van der Waals surface area contributed by atoms with Gasteiger partial charge < -0.3 is 5.73 Å². The molecular weight excluding hydrogens is 198 g/mol. The van der Waals surface area contributed by atoms with E-state index in [9.17, 15) is 4.79 Å². The van der Waals surface area contributed by atoms with Crippen LogP contribution in [0.1, 0.15) is 53.4 Å². The Bertz CT molecular complexity index is 211. The molecule has 0 atom stereocenters. The van der Waals surface area contributed by atoms with E-state index >= 15 is 0 Å². The van der Waals surface area contributed by atoms with E-state index in [0.29, 0.717) is 0 Å². The smallest absolute Gasteiger partial charge is 0.142 e. The largest absolute Gasteiger partial charge is 0.330 e. The maximum Gasteiger partial charge on any atom is 0.142 e. The fraction of sp³-hybridized carbons (Fsp3) is 0.643. The Morgan fingerprint density at radius 3 is 2.19 bits per heavy atom. The van der Waals surface area contributed by atoms with Gasteiger partial charge in [0.2, 0.25) is 0 Å². The number of nitrogens with two attached hydrogens (primary N) is 1. The van der Waals surface area contributed by atoms with Crippen LogP contribution in [0.5, 0.6) is 0 Å². The normalized spacial score (nSPS) is 10.2. The summed E-state index contributed by atoms with van der Waals surface area (Å²) in [6.45, 7) is 9.12. The summed E-state index contributed by atoms with van der Waals surface area (Å²) in [5, 5.41) is 0. The molecule has 0 spiro atoms. The summed E-state index contributed by atoms with van der Waals surface area (Å²) < 4.78 is 0. The highest BCUT2D eigenvalue weighted by molar-refractivity contribution is 5.65. The van der Waals surface area contributed by atoms with E-state index in [4.69, 9.17) is 5.73 Å². The average molecular weight is 225 g/mol. The van der Waals surface area contributed by atoms with E-state index in [2.05, 4.69) is 26.8 Å². The fourth-order valence-electron chi connectivity index (χ4n) is 0.992. The Labute approximate surface area is 101 Å². The number of carbonyl (C=O) groups excluding carboxylic acids is 1. The van der Waals surface area contributed by atoms with Crippen LogP contribution in [0.25, 0.3) is 0 Å². The van der Waals surface area contributed by atoms with Crippen molar-refractivity contribution in [2.24, 2.45) is 5.73 Å². The highest BCUT2D eigenvalue weighted by Crippen LogP contribution is 2.05. The van der Waals surface area contributed by atoms with Gasteiger partial charge in [0.15, 0.2) is 0 Å². The average Bonchev–Trinajstić information content (AvgIpc) is 2.19. The molecule has 2 N–H and O–H groups in total. The van der Waals surface area contributed by atoms with Gasteiger partial charge >= 0.3 is 0 Å². The number of allylic oxidation sites excluding steroid dienone is 4. The SMILES string of the molecule is CC(C)=CCCC(C)=CC=O.CCCCN. The van der Waals surface area contributed by atoms with Crippen LogP contribution in [-0.4, -0.2) is 12.8 Å². The predicted octanol–water partition coefficient (Wildman–Crippen LogP) is 3.62. The molecule has 2 nitrogen and oxygen atoms in total. The Hall–Kier alpha value is -0.890. The Balaban J connectivity index is 0. The maximum atomic E-state index is 10.0. The van der Waals surface area contributed by atoms with Crippen molar-refractivity contribution in [2.75, 3.05) is 6.54 Å². The Morgan fingerprint density at radius 1 is 1.25 bits per heavy atom. The summed E-state index contributed by atoms with van der Waals surface area (Å²) in [4.78, 5) is 10.0. The molecule has 0 aliphatic rings. The standard InChI is InChI=1S/C10H16O.C4H11N/c1-9(2)5-4-6-10(3)7-8-11;1-2-3-4-5/h5,7-8H,4,6H2,1-3H3;2-5H2,1H3. The van der Waals surface area contributed by atoms with Crippen molar-refractivity contribution in [1.29, 1.82) is 0 Å². The van der Waals surface area contributed by atoms with Crippen LogP contribution in [0.15, 0.2) is 23.3 Å². The number of hydrogen-bond acceptors (Lipinski definition) is 2. The Morgan fingerprint density at radius 2 is 1.88 bits per heavy atom. The van der Waals surface area contributed by atoms with Crippen molar-refractivity contribution >= 4 is 6.29 Å². The molecule has 0 unspecified atom stereocenters. The first-order chi connectivity index (χ1) is 7.58. The van der Waals surface area contributed by atoms with Crippen LogP contribution in [0, 0.1) is 0 Å². The van der Waals surface area contributed by atoms with Crippen molar-refractivity contribution < 1.29 is 4.79 Å². The van der Waals surface area contributed by atoms with Gasteiger partial charge in [0.25, 0.3) is 0 Å². The van der Waals surface area contributed by atoms with Crippen LogP contribution in [0.2, 0.25) is 0 Å². The second kappa shape index (κ2) is 14.1. The fourth-order valence-corrected chi connectivity index (χ4v) is 0.992. The predicted molar refractivity (Wildman–Crippen MR) is 72.4 cm³/mol. The van der Waals surface area contributed by atoms with Gasteiger partial charge in [-0.2, -0.15) is 0 Å². The molecule has 0 aliphatic carbocycles. The molecule has 0 bridgehead atoms. The molecule has 0 aromatic carbocycles. The molecule has 0 radical (unpaired) electrons. The van der Waals surface area contributed by atoms with Crippen LogP contribution in [-0.2, 0) is 4.79 Å². The monoisotopic (exact) mass is 225 g/mol. The molecule has 2 heteroatoms. The summed E-state index contributed by atoms with van der Waals surface area (Å²) in [5.41, 5.74) is 7.63. The van der Waals surface area contributed by atoms with E-state index in [0.717, 1.165) is 31.2 Å². The maximum absolute atomic E-state index is 10.0. The quantitative estimate of drug-likeness (QED) is 0.426. The minimum absolute atomic E-state index is 0.844. The van der Waals surface area contributed by atoms with Crippen molar-refractivity contribution in [3.05, 3.63) is 23.3 Å². The third kappa shape index (κ3) is 18.8. The summed E-state index contributed by atoms with van der Waals surface area (Å²) in [7, 11) is 0. The van der Waals surface area contributed by atoms with Crippen molar-refractivity contribution in [3.8, 4) is 0 Å². The van der Waals surface area contributed by atoms with Gasteiger partial charge in [-0.05, 0) is 52.7 Å². The summed E-state index contributed by atoms with van der Waals surface area (Å²) in [6, 6.07) is 0. The molecule has 0 heterocycles. The molecule has 0 aromatic rings. The van der Waals surface area contributed by atoms with Crippen molar-refractivity contribution in [1.82, 2.24) is 0 Å². The lowest BCUT2D eigenvalue weighted by molar-refractivity contribution is -0.104. The lowest BCUT2D eigenvalue weighted by Crippen LogP contribution is -1.95. The topological polar surface area (TPSA) is 43.1 Å². The second-order valence-electron chi connectivity index (χ2n) is 4.11. The molecule has 94 valence electrons. The molecule has 0 aliphatic heterocycles. The molecule has 0 saturated carbocycles. The molecule has 16 heavy (non-hydrogen) atoms. The molecule has 0 amide bonds. The highest BCUT2D eigenvalue weighted by Gasteiger charge is 1.86. The van der Waals surface area contributed by atoms with Gasteiger partial charge in [0, 0.05) is 0 Å². The Kier molecular flexibility index (Phi) is 15.4. The van der Waals surface area contributed by atoms with Gasteiger partial charge in [-0.3, -0.25) is 4.79 Å². The number of unbranched alkanes of at least 4 members (excludes halogenated alkanes) is 1. The van der Waals surface area contributed by atoms with Crippen LogP contribution >= 0.6 is 0 Å². The van der Waals surface area contributed by atoms with E-state index in [1.165, 1.54) is 18.4 Å². The van der Waals surface area contributed by atoms with E-state index < -0.39 is 0 Å². The van der Waals surface area contributed by atoms with E-state index in [1.807, 2.05) is 6.92 Å². The summed E-state index contributed by atoms with van der Waals surface area (Å²) in [6.07, 6.45) is 9.07. The third-order valence-corrected chi connectivity index (χ3v) is 2.00. The van der Waals surface area contributed by atoms with Gasteiger partial charge in [0.1, 0.15) is 6.29 Å². The minimum Gasteiger partial charge on any atom is -0.330 e. The number of hydrogen-bond donors (Lipinski definition) is 1. The second-order valence-corrected chi connectivity index (χ2v) is 4.11. The highest BCUT2D eigenvalue weighted by atomic mass is 16.1. The number of aldehydes is 1. The minimum atomic E-state index is 0.844. The van der Waals surface area contributed by atoms with Gasteiger partial charge in [-0.1, -0.05) is 30.6 Å². The zero-order chi connectivity index (χ0) is 12.8. The first-order valence-corrected chi connectivity index (χ1v) is 6.02. The van der Waals surface area contributed by atoms with Crippen LogP contribution < -0.4 is 5.73 Å². The lowest BCUT2D eigenvalue weighted by atomic mass is 10.1. The van der Waals surface area contributed by atoms with E-state index in [-0.39, 0.29) is 0 Å². The van der Waals surface area contributed by atoms with Gasteiger partial charge in [0.05, 0.1) is 0 Å². The van der Waals surface area contributed by atoms with Gasteiger partial charge in [-0.15, -0.1) is 0 Å². The third-order valence-electron chi connectivity index (χ3n) is 2.00. The lowest BCUT2D eigenvalue weighted by Gasteiger charge is -1.94. The first kappa shape index (κ1) is 17.5. The first-order valence-electron chi connectivity index (χ1n) is 6.02. The summed E-state index contributed by atoms with van der Waals surface area (Å²) >= 11 is 0. The number of carbonyl (C=O) groups is 1. The zero-order valence-corrected chi connectivity index (χ0v) is 11.3. The molecule has 0 rings (SSSR count). The van der Waals surface area contributed by atoms with Crippen molar-refractivity contribution in [2.45, 2.75) is 53.4 Å². The molecular formula is C14H27NO.